The average molecular weight is 405 g/mol. The van der Waals surface area contributed by atoms with E-state index in [2.05, 4.69) is 27.1 Å². The van der Waals surface area contributed by atoms with Crippen LogP contribution in [0.3, 0.4) is 0 Å². The highest BCUT2D eigenvalue weighted by Crippen LogP contribution is 2.42. The lowest BCUT2D eigenvalue weighted by atomic mass is 10.0. The van der Waals surface area contributed by atoms with E-state index in [4.69, 9.17) is 4.74 Å². The third-order valence-corrected chi connectivity index (χ3v) is 7.94. The largest absolute Gasteiger partial charge is 0.453 e. The number of fused-ring (bicyclic) bond motifs is 4. The van der Waals surface area contributed by atoms with Crippen molar-refractivity contribution >= 4 is 34.4 Å². The van der Waals surface area contributed by atoms with E-state index < -0.39 is 23.0 Å². The average Bonchev–Trinajstić information content (AvgIpc) is 3.39. The Hall–Kier alpha value is -2.29. The van der Waals surface area contributed by atoms with E-state index in [1.54, 1.807) is 4.90 Å². The Morgan fingerprint density at radius 2 is 2.07 bits per heavy atom. The third kappa shape index (κ3) is 2.83. The Morgan fingerprint density at radius 1 is 1.32 bits per heavy atom. The van der Waals surface area contributed by atoms with E-state index in [1.807, 2.05) is 6.07 Å². The number of benzene rings is 1. The Morgan fingerprint density at radius 3 is 2.79 bits per heavy atom. The highest BCUT2D eigenvalue weighted by atomic mass is 32.2. The first-order valence-electron chi connectivity index (χ1n) is 9.58. The molecule has 4 atom stereocenters. The summed E-state index contributed by atoms with van der Waals surface area (Å²) >= 11 is 0. The first kappa shape index (κ1) is 17.8. The molecule has 2 unspecified atom stereocenters. The van der Waals surface area contributed by atoms with Crippen LogP contribution in [-0.4, -0.2) is 66.8 Å². The van der Waals surface area contributed by atoms with E-state index in [9.17, 15) is 13.8 Å². The van der Waals surface area contributed by atoms with Crippen LogP contribution in [0.15, 0.2) is 18.2 Å². The Balaban J connectivity index is 1.32. The van der Waals surface area contributed by atoms with Crippen LogP contribution in [0, 0.1) is 11.8 Å². The lowest BCUT2D eigenvalue weighted by Crippen LogP contribution is -2.40. The van der Waals surface area contributed by atoms with Crippen LogP contribution in [0.25, 0.3) is 0 Å². The maximum Gasteiger partial charge on any atom is 0.415 e. The first-order valence-corrected chi connectivity index (χ1v) is 11.1. The maximum absolute atomic E-state index is 12.4. The molecule has 4 heterocycles. The molecule has 5 rings (SSSR count). The number of methoxy groups -OCH3 is 1. The number of carbonyl (C=O) groups excluding carboxylic acids is 2. The highest BCUT2D eigenvalue weighted by molar-refractivity contribution is 7.85. The topological polar surface area (TPSA) is 88.2 Å². The fourth-order valence-electron chi connectivity index (χ4n) is 4.97. The van der Waals surface area contributed by atoms with E-state index in [1.165, 1.54) is 7.11 Å². The number of anilines is 2. The molecule has 3 saturated heterocycles. The number of nitrogens with zero attached hydrogens (tertiary/aromatic N) is 2. The van der Waals surface area contributed by atoms with Gasteiger partial charge in [-0.2, -0.15) is 0 Å². The molecule has 0 aromatic heterocycles. The van der Waals surface area contributed by atoms with E-state index >= 15 is 0 Å². The lowest BCUT2D eigenvalue weighted by molar-refractivity contribution is 0.123. The summed E-state index contributed by atoms with van der Waals surface area (Å²) in [6.45, 7) is 2.14. The molecule has 1 aromatic carbocycles. The summed E-state index contributed by atoms with van der Waals surface area (Å²) in [6, 6.07) is 6.11. The fourth-order valence-corrected chi connectivity index (χ4v) is 6.81. The molecule has 8 nitrogen and oxygen atoms in total. The van der Waals surface area contributed by atoms with Crippen molar-refractivity contribution in [3.63, 3.8) is 0 Å². The van der Waals surface area contributed by atoms with Gasteiger partial charge in [-0.3, -0.25) is 9.11 Å². The number of hydrogen-bond acceptors (Lipinski definition) is 6. The quantitative estimate of drug-likeness (QED) is 0.811. The van der Waals surface area contributed by atoms with E-state index in [-0.39, 0.29) is 18.7 Å². The van der Waals surface area contributed by atoms with Gasteiger partial charge in [0.2, 0.25) is 0 Å². The second-order valence-electron chi connectivity index (χ2n) is 7.95. The van der Waals surface area contributed by atoms with E-state index in [0.717, 1.165) is 41.5 Å². The standard InChI is InChI=1S/C19H23N3O5S/c1-26-18(23)20-6-17-16-5-11-4-14(2-3-15(11)22(16)19(24)27-17)21-7-12-9-28(25)10-13(12)8-21/h2-4,12-13,16-17H,5-10H2,1H3,(H,20,23)/t12?,13?,16-,17-,28?/m0/s1. The van der Waals surface area contributed by atoms with Crippen LogP contribution < -0.4 is 15.1 Å². The number of cyclic esters (lactones) is 1. The monoisotopic (exact) mass is 405 g/mol. The van der Waals surface area contributed by atoms with Gasteiger partial charge in [0, 0.05) is 41.1 Å². The van der Waals surface area contributed by atoms with Crippen molar-refractivity contribution in [3.05, 3.63) is 23.8 Å². The molecule has 150 valence electrons. The van der Waals surface area contributed by atoms with Crippen LogP contribution in [-0.2, 0) is 26.7 Å². The number of nitrogens with one attached hydrogen (secondary N) is 1. The number of amides is 2. The molecule has 2 amide bonds. The molecule has 4 aliphatic rings. The normalized spacial score (nSPS) is 32.8. The van der Waals surface area contributed by atoms with Crippen LogP contribution >= 0.6 is 0 Å². The molecule has 0 spiro atoms. The Labute approximate surface area is 165 Å². The highest BCUT2D eigenvalue weighted by Gasteiger charge is 2.48. The summed E-state index contributed by atoms with van der Waals surface area (Å²) in [6.07, 6.45) is -0.601. The van der Waals surface area contributed by atoms with Gasteiger partial charge >= 0.3 is 12.2 Å². The van der Waals surface area contributed by atoms with Crippen molar-refractivity contribution in [1.29, 1.82) is 0 Å². The van der Waals surface area contributed by atoms with Gasteiger partial charge in [0.05, 0.1) is 25.4 Å². The molecular weight excluding hydrogens is 382 g/mol. The predicted octanol–water partition coefficient (Wildman–Crippen LogP) is 1.11. The molecule has 9 heteroatoms. The number of hydrogen-bond donors (Lipinski definition) is 1. The smallest absolute Gasteiger partial charge is 0.415 e. The predicted molar refractivity (Wildman–Crippen MR) is 104 cm³/mol. The van der Waals surface area contributed by atoms with Gasteiger partial charge in [0.15, 0.2) is 0 Å². The molecule has 0 saturated carbocycles. The minimum Gasteiger partial charge on any atom is -0.453 e. The molecule has 3 fully saturated rings. The summed E-state index contributed by atoms with van der Waals surface area (Å²) in [7, 11) is 0.661. The zero-order valence-corrected chi connectivity index (χ0v) is 16.4. The molecule has 28 heavy (non-hydrogen) atoms. The zero-order valence-electron chi connectivity index (χ0n) is 15.6. The summed E-state index contributed by atoms with van der Waals surface area (Å²) in [5.41, 5.74) is 3.18. The molecule has 1 N–H and O–H groups in total. The number of carbonyl (C=O) groups is 2. The molecule has 0 bridgehead atoms. The van der Waals surface area contributed by atoms with Gasteiger partial charge in [0.25, 0.3) is 0 Å². The summed E-state index contributed by atoms with van der Waals surface area (Å²) in [5.74, 6) is 2.70. The van der Waals surface area contributed by atoms with Crippen LogP contribution in [0.2, 0.25) is 0 Å². The fraction of sp³-hybridized carbons (Fsp3) is 0.579. The van der Waals surface area contributed by atoms with Gasteiger partial charge in [-0.1, -0.05) is 0 Å². The van der Waals surface area contributed by atoms with Gasteiger partial charge in [-0.05, 0) is 42.0 Å². The minimum absolute atomic E-state index is 0.115. The Bertz CT molecular complexity index is 846. The molecule has 4 aliphatic heterocycles. The van der Waals surface area contributed by atoms with Crippen molar-refractivity contribution in [2.75, 3.05) is 48.0 Å². The maximum atomic E-state index is 12.4. The molecular formula is C19H23N3O5S. The third-order valence-electron chi connectivity index (χ3n) is 6.34. The van der Waals surface area contributed by atoms with Crippen molar-refractivity contribution < 1.29 is 23.3 Å². The molecule has 0 aliphatic carbocycles. The second-order valence-corrected chi connectivity index (χ2v) is 9.49. The minimum atomic E-state index is -0.644. The van der Waals surface area contributed by atoms with Crippen LogP contribution in [0.1, 0.15) is 5.56 Å². The van der Waals surface area contributed by atoms with Crippen molar-refractivity contribution in [2.24, 2.45) is 11.8 Å². The number of ether oxygens (including phenoxy) is 2. The number of rotatable bonds is 3. The van der Waals surface area contributed by atoms with Gasteiger partial charge in [0.1, 0.15) is 6.10 Å². The number of alkyl carbamates (subject to hydrolysis) is 1. The summed E-state index contributed by atoms with van der Waals surface area (Å²) in [5, 5.41) is 2.62. The SMILES string of the molecule is COC(=O)NC[C@@H]1OC(=O)N2c3ccc(N4CC5CS(=O)CC5C4)cc3C[C@@H]12. The van der Waals surface area contributed by atoms with E-state index in [0.29, 0.717) is 18.3 Å². The first-order chi connectivity index (χ1) is 13.5. The molecule has 0 radical (unpaired) electrons. The van der Waals surface area contributed by atoms with Crippen molar-refractivity contribution in [3.8, 4) is 0 Å². The van der Waals surface area contributed by atoms with Crippen molar-refractivity contribution in [2.45, 2.75) is 18.6 Å². The van der Waals surface area contributed by atoms with Gasteiger partial charge in [-0.25, -0.2) is 9.59 Å². The summed E-state index contributed by atoms with van der Waals surface area (Å²) < 4.78 is 21.8. The second kappa shape index (κ2) is 6.65. The zero-order chi connectivity index (χ0) is 19.4. The Kier molecular flexibility index (Phi) is 4.22. The van der Waals surface area contributed by atoms with Crippen LogP contribution in [0.5, 0.6) is 0 Å². The van der Waals surface area contributed by atoms with Crippen LogP contribution in [0.4, 0.5) is 21.0 Å². The summed E-state index contributed by atoms with van der Waals surface area (Å²) in [4.78, 5) is 27.8. The van der Waals surface area contributed by atoms with Crippen molar-refractivity contribution in [1.82, 2.24) is 5.32 Å². The molecule has 1 aromatic rings. The van der Waals surface area contributed by atoms with Gasteiger partial charge in [-0.15, -0.1) is 0 Å². The lowest BCUT2D eigenvalue weighted by Gasteiger charge is -2.21. The van der Waals surface area contributed by atoms with Gasteiger partial charge < -0.3 is 19.7 Å².